The molecule has 0 bridgehead atoms. The van der Waals surface area contributed by atoms with E-state index < -0.39 is 40.8 Å². The summed E-state index contributed by atoms with van der Waals surface area (Å²) in [5.41, 5.74) is -7.47. The summed E-state index contributed by atoms with van der Waals surface area (Å²) in [6.45, 7) is 0. The Kier molecular flexibility index (Phi) is 5.34. The Morgan fingerprint density at radius 1 is 0.400 bits per heavy atom. The van der Waals surface area contributed by atoms with Gasteiger partial charge >= 0.3 is 18.5 Å². The first-order chi connectivity index (χ1) is 13.8. The average molecular weight is 434 g/mol. The number of alkyl halides is 9. The molecule has 0 unspecified atom stereocenters. The lowest BCUT2D eigenvalue weighted by Crippen LogP contribution is -2.23. The Hall–Kier alpha value is -2.97. The molecule has 0 aliphatic heterocycles. The van der Waals surface area contributed by atoms with Crippen LogP contribution in [0.1, 0.15) is 16.7 Å². The van der Waals surface area contributed by atoms with E-state index in [2.05, 4.69) is 0 Å². The summed E-state index contributed by atoms with van der Waals surface area (Å²) >= 11 is 0. The molecule has 0 aliphatic rings. The number of benzene rings is 3. The van der Waals surface area contributed by atoms with Crippen molar-refractivity contribution >= 4 is 0 Å². The molecule has 0 radical (unpaired) electrons. The predicted molar refractivity (Wildman–Crippen MR) is 92.3 cm³/mol. The van der Waals surface area contributed by atoms with Gasteiger partial charge in [-0.25, -0.2) is 0 Å². The van der Waals surface area contributed by atoms with Crippen molar-refractivity contribution in [1.82, 2.24) is 0 Å². The van der Waals surface area contributed by atoms with Gasteiger partial charge in [-0.05, 0) is 28.3 Å². The third-order valence-electron chi connectivity index (χ3n) is 4.38. The second kappa shape index (κ2) is 7.37. The average Bonchev–Trinajstić information content (AvgIpc) is 2.65. The zero-order valence-corrected chi connectivity index (χ0v) is 14.8. The van der Waals surface area contributed by atoms with E-state index in [1.165, 1.54) is 12.1 Å². The van der Waals surface area contributed by atoms with Gasteiger partial charge in [-0.2, -0.15) is 39.5 Å². The Morgan fingerprint density at radius 2 is 0.867 bits per heavy atom. The molecule has 0 atom stereocenters. The highest BCUT2D eigenvalue weighted by Gasteiger charge is 2.51. The van der Waals surface area contributed by atoms with Crippen LogP contribution in [0.15, 0.2) is 66.7 Å². The molecule has 3 aromatic carbocycles. The summed E-state index contributed by atoms with van der Waals surface area (Å²) in [5.74, 6) is 0. The topological polar surface area (TPSA) is 0 Å². The standard InChI is InChI=1S/C21H11F9/c22-19(23,24)16-11-10-15(17(20(25,26)27)18(16)21(28,29)30)14-8-6-13(7-9-14)12-4-2-1-3-5-12/h1-11H. The molecule has 158 valence electrons. The summed E-state index contributed by atoms with van der Waals surface area (Å²) in [5, 5.41) is 0. The van der Waals surface area contributed by atoms with Crippen LogP contribution < -0.4 is 0 Å². The van der Waals surface area contributed by atoms with Gasteiger partial charge in [-0.3, -0.25) is 0 Å². The molecule has 0 saturated heterocycles. The highest BCUT2D eigenvalue weighted by molar-refractivity contribution is 5.74. The minimum Gasteiger partial charge on any atom is -0.166 e. The van der Waals surface area contributed by atoms with Gasteiger partial charge in [0.25, 0.3) is 0 Å². The minimum absolute atomic E-state index is 0.0263. The van der Waals surface area contributed by atoms with E-state index in [-0.39, 0.29) is 11.6 Å². The molecule has 0 heterocycles. The Balaban J connectivity index is 2.25. The molecular weight excluding hydrogens is 423 g/mol. The summed E-state index contributed by atoms with van der Waals surface area (Å²) in [6, 6.07) is 14.1. The molecule has 3 rings (SSSR count). The lowest BCUT2D eigenvalue weighted by Gasteiger charge is -2.23. The Morgan fingerprint density at radius 3 is 1.33 bits per heavy atom. The van der Waals surface area contributed by atoms with Crippen molar-refractivity contribution in [1.29, 1.82) is 0 Å². The molecule has 0 amide bonds. The van der Waals surface area contributed by atoms with Crippen LogP contribution in [0.3, 0.4) is 0 Å². The van der Waals surface area contributed by atoms with Crippen molar-refractivity contribution in [2.24, 2.45) is 0 Å². The van der Waals surface area contributed by atoms with E-state index in [9.17, 15) is 39.5 Å². The highest BCUT2D eigenvalue weighted by atomic mass is 19.4. The molecule has 0 fully saturated rings. The van der Waals surface area contributed by atoms with Crippen LogP contribution in [-0.4, -0.2) is 0 Å². The zero-order chi connectivity index (χ0) is 22.3. The number of halogens is 9. The second-order valence-corrected chi connectivity index (χ2v) is 6.35. The van der Waals surface area contributed by atoms with Gasteiger partial charge in [0.05, 0.1) is 16.7 Å². The van der Waals surface area contributed by atoms with Crippen molar-refractivity contribution in [2.75, 3.05) is 0 Å². The Labute approximate surface area is 164 Å². The van der Waals surface area contributed by atoms with Crippen molar-refractivity contribution in [3.8, 4) is 22.3 Å². The molecule has 0 spiro atoms. The largest absolute Gasteiger partial charge is 0.417 e. The van der Waals surface area contributed by atoms with Crippen LogP contribution in [-0.2, 0) is 18.5 Å². The first-order valence-electron chi connectivity index (χ1n) is 8.34. The minimum atomic E-state index is -5.87. The molecule has 0 saturated carbocycles. The molecule has 30 heavy (non-hydrogen) atoms. The van der Waals surface area contributed by atoms with Crippen molar-refractivity contribution in [2.45, 2.75) is 18.5 Å². The summed E-state index contributed by atoms with van der Waals surface area (Å²) in [7, 11) is 0. The highest BCUT2D eigenvalue weighted by Crippen LogP contribution is 2.50. The monoisotopic (exact) mass is 434 g/mol. The first-order valence-corrected chi connectivity index (χ1v) is 8.34. The number of hydrogen-bond acceptors (Lipinski definition) is 0. The smallest absolute Gasteiger partial charge is 0.166 e. The molecule has 0 nitrogen and oxygen atoms in total. The lowest BCUT2D eigenvalue weighted by molar-refractivity contribution is -0.174. The van der Waals surface area contributed by atoms with Crippen LogP contribution in [0.25, 0.3) is 22.3 Å². The van der Waals surface area contributed by atoms with Gasteiger partial charge in [0, 0.05) is 0 Å². The van der Waals surface area contributed by atoms with Crippen LogP contribution in [0.2, 0.25) is 0 Å². The lowest BCUT2D eigenvalue weighted by atomic mass is 9.90. The van der Waals surface area contributed by atoms with Gasteiger partial charge in [-0.15, -0.1) is 0 Å². The normalized spacial score (nSPS) is 12.8. The third-order valence-corrected chi connectivity index (χ3v) is 4.38. The van der Waals surface area contributed by atoms with E-state index in [4.69, 9.17) is 0 Å². The summed E-state index contributed by atoms with van der Waals surface area (Å²) in [4.78, 5) is 0. The van der Waals surface area contributed by atoms with E-state index >= 15 is 0 Å². The van der Waals surface area contributed by atoms with Crippen molar-refractivity contribution in [3.05, 3.63) is 83.4 Å². The molecule has 3 aromatic rings. The predicted octanol–water partition coefficient (Wildman–Crippen LogP) is 8.08. The molecule has 0 aromatic heterocycles. The van der Waals surface area contributed by atoms with E-state index in [0.29, 0.717) is 17.2 Å². The fraction of sp³-hybridized carbons (Fsp3) is 0.143. The van der Waals surface area contributed by atoms with E-state index in [0.717, 1.165) is 12.1 Å². The van der Waals surface area contributed by atoms with Crippen LogP contribution in [0.4, 0.5) is 39.5 Å². The maximum Gasteiger partial charge on any atom is 0.417 e. The molecule has 0 N–H and O–H groups in total. The van der Waals surface area contributed by atoms with Gasteiger partial charge in [0.1, 0.15) is 0 Å². The Bertz CT molecular complexity index is 1030. The van der Waals surface area contributed by atoms with Gasteiger partial charge in [0.15, 0.2) is 0 Å². The zero-order valence-electron chi connectivity index (χ0n) is 14.8. The maximum atomic E-state index is 13.6. The quantitative estimate of drug-likeness (QED) is 0.358. The van der Waals surface area contributed by atoms with Gasteiger partial charge in [-0.1, -0.05) is 60.7 Å². The van der Waals surface area contributed by atoms with Gasteiger partial charge < -0.3 is 0 Å². The van der Waals surface area contributed by atoms with Crippen LogP contribution >= 0.6 is 0 Å². The fourth-order valence-corrected chi connectivity index (χ4v) is 3.14. The number of rotatable bonds is 2. The van der Waals surface area contributed by atoms with Gasteiger partial charge in [0.2, 0.25) is 0 Å². The molecule has 0 aliphatic carbocycles. The fourth-order valence-electron chi connectivity index (χ4n) is 3.14. The molecular formula is C21H11F9. The maximum absolute atomic E-state index is 13.6. The SMILES string of the molecule is FC(F)(F)c1ccc(-c2ccc(-c3ccccc3)cc2)c(C(F)(F)F)c1C(F)(F)F. The third kappa shape index (κ3) is 4.29. The van der Waals surface area contributed by atoms with Crippen LogP contribution in [0.5, 0.6) is 0 Å². The van der Waals surface area contributed by atoms with E-state index in [1.54, 1.807) is 30.3 Å². The van der Waals surface area contributed by atoms with Crippen molar-refractivity contribution < 1.29 is 39.5 Å². The molecule has 9 heteroatoms. The second-order valence-electron chi connectivity index (χ2n) is 6.35. The van der Waals surface area contributed by atoms with Crippen LogP contribution in [0, 0.1) is 0 Å². The van der Waals surface area contributed by atoms with E-state index in [1.807, 2.05) is 0 Å². The first kappa shape index (κ1) is 21.7. The number of hydrogen-bond donors (Lipinski definition) is 0. The summed E-state index contributed by atoms with van der Waals surface area (Å²) < 4.78 is 120. The van der Waals surface area contributed by atoms with Crippen molar-refractivity contribution in [3.63, 3.8) is 0 Å². The summed E-state index contributed by atoms with van der Waals surface area (Å²) in [6.07, 6.45) is -17.1.